The second-order valence-electron chi connectivity index (χ2n) is 10.6. The lowest BCUT2D eigenvalue weighted by atomic mass is 9.61. The van der Waals surface area contributed by atoms with Crippen LogP contribution in [0.4, 0.5) is 0 Å². The van der Waals surface area contributed by atoms with Gasteiger partial charge in [-0.2, -0.15) is 0 Å². The van der Waals surface area contributed by atoms with Gasteiger partial charge in [0.1, 0.15) is 0 Å². The van der Waals surface area contributed by atoms with Crippen molar-refractivity contribution in [2.24, 2.45) is 23.2 Å². The smallest absolute Gasteiger partial charge is 0.337 e. The molecule has 6 atom stereocenters. The summed E-state index contributed by atoms with van der Waals surface area (Å²) >= 11 is 0. The van der Waals surface area contributed by atoms with E-state index in [0.717, 1.165) is 18.8 Å². The number of carbonyl (C=O) groups excluding carboxylic acids is 1. The second-order valence-corrected chi connectivity index (χ2v) is 15.1. The van der Waals surface area contributed by atoms with E-state index in [1.807, 2.05) is 0 Å². The molecule has 158 valence electrons. The van der Waals surface area contributed by atoms with Crippen LogP contribution < -0.4 is 0 Å². The molecule has 2 rings (SSSR count). The van der Waals surface area contributed by atoms with Gasteiger partial charge in [0.15, 0.2) is 13.9 Å². The Morgan fingerprint density at radius 3 is 2.56 bits per heavy atom. The number of aliphatic hydroxyl groups is 1. The molecule has 2 fully saturated rings. The van der Waals surface area contributed by atoms with Crippen molar-refractivity contribution in [3.05, 3.63) is 0 Å². The van der Waals surface area contributed by atoms with Crippen molar-refractivity contribution in [3.63, 3.8) is 0 Å². The van der Waals surface area contributed by atoms with Gasteiger partial charge in [-0.1, -0.05) is 26.7 Å². The summed E-state index contributed by atoms with van der Waals surface area (Å²) in [6.07, 6.45) is 9.25. The maximum atomic E-state index is 11.7. The van der Waals surface area contributed by atoms with Gasteiger partial charge in [-0.3, -0.25) is 0 Å². The lowest BCUT2D eigenvalue weighted by molar-refractivity contribution is -0.161. The normalized spacial score (nSPS) is 34.6. The summed E-state index contributed by atoms with van der Waals surface area (Å²) in [6, 6.07) is 0. The first-order valence-corrected chi connectivity index (χ1v) is 14.3. The summed E-state index contributed by atoms with van der Waals surface area (Å²) in [5, 5.41) is 10.3. The Labute approximate surface area is 167 Å². The molecule has 0 amide bonds. The number of carbonyl (C=O) groups is 1. The molecule has 2 unspecified atom stereocenters. The van der Waals surface area contributed by atoms with E-state index in [1.54, 1.807) is 6.92 Å². The molecule has 5 heteroatoms. The molecule has 2 saturated carbocycles. The van der Waals surface area contributed by atoms with Crippen molar-refractivity contribution in [1.82, 2.24) is 0 Å². The molecule has 27 heavy (non-hydrogen) atoms. The minimum Gasteiger partial charge on any atom is -0.467 e. The molecule has 0 aromatic rings. The largest absolute Gasteiger partial charge is 0.467 e. The van der Waals surface area contributed by atoms with E-state index >= 15 is 0 Å². The molecular formula is C22H42O4Si. The lowest BCUT2D eigenvalue weighted by Crippen LogP contribution is -2.46. The predicted molar refractivity (Wildman–Crippen MR) is 112 cm³/mol. The molecule has 0 saturated heterocycles. The molecule has 0 radical (unpaired) electrons. The van der Waals surface area contributed by atoms with Crippen molar-refractivity contribution < 1.29 is 19.1 Å². The highest BCUT2D eigenvalue weighted by atomic mass is 28.4. The van der Waals surface area contributed by atoms with E-state index in [2.05, 4.69) is 33.5 Å². The van der Waals surface area contributed by atoms with Crippen molar-refractivity contribution in [2.75, 3.05) is 7.11 Å². The number of rotatable bonds is 8. The maximum absolute atomic E-state index is 11.7. The molecule has 2 aliphatic rings. The van der Waals surface area contributed by atoms with Crippen LogP contribution in [0.2, 0.25) is 19.6 Å². The first kappa shape index (κ1) is 22.9. The van der Waals surface area contributed by atoms with Gasteiger partial charge in [0, 0.05) is 6.10 Å². The standard InChI is InChI=1S/C22H42O4Si/c1-16(10-8-15-22(3,24)20(23)25-4)17-12-13-18-19(26-27(5,6)7)11-9-14-21(17,18)2/h16-19,24H,8-15H2,1-7H3/t16-,17-,18?,19?,21-,22-/m1/s1. The Hall–Kier alpha value is -0.393. The Morgan fingerprint density at radius 2 is 1.96 bits per heavy atom. The molecule has 0 bridgehead atoms. The number of ether oxygens (including phenoxy) is 1. The molecule has 0 aromatic heterocycles. The summed E-state index contributed by atoms with van der Waals surface area (Å²) in [6.45, 7) is 13.4. The second kappa shape index (κ2) is 8.54. The van der Waals surface area contributed by atoms with E-state index in [9.17, 15) is 9.90 Å². The topological polar surface area (TPSA) is 55.8 Å². The molecule has 0 aromatic carbocycles. The van der Waals surface area contributed by atoms with Crippen molar-refractivity contribution in [3.8, 4) is 0 Å². The van der Waals surface area contributed by atoms with Crippen LogP contribution in [0, 0.1) is 23.2 Å². The predicted octanol–water partition coefficient (Wildman–Crippen LogP) is 5.15. The third-order valence-electron chi connectivity index (χ3n) is 7.28. The van der Waals surface area contributed by atoms with Gasteiger partial charge >= 0.3 is 5.97 Å². The first-order chi connectivity index (χ1) is 12.4. The van der Waals surface area contributed by atoms with Gasteiger partial charge in [0.05, 0.1) is 7.11 Å². The molecule has 4 nitrogen and oxygen atoms in total. The molecule has 0 spiro atoms. The van der Waals surface area contributed by atoms with Crippen LogP contribution in [-0.2, 0) is 14.0 Å². The summed E-state index contributed by atoms with van der Waals surface area (Å²) in [7, 11) is -0.180. The van der Waals surface area contributed by atoms with Crippen molar-refractivity contribution in [2.45, 2.75) is 103 Å². The Bertz CT molecular complexity index is 513. The summed E-state index contributed by atoms with van der Waals surface area (Å²) in [5.41, 5.74) is -0.982. The quantitative estimate of drug-likeness (QED) is 0.453. The zero-order chi connectivity index (χ0) is 20.5. The van der Waals surface area contributed by atoms with Gasteiger partial charge in [-0.15, -0.1) is 0 Å². The summed E-state index contributed by atoms with van der Waals surface area (Å²) < 4.78 is 11.3. The fourth-order valence-corrected chi connectivity index (χ4v) is 7.17. The van der Waals surface area contributed by atoms with Gasteiger partial charge in [0.2, 0.25) is 0 Å². The van der Waals surface area contributed by atoms with Crippen LogP contribution in [0.5, 0.6) is 0 Å². The zero-order valence-electron chi connectivity index (χ0n) is 18.6. The monoisotopic (exact) mass is 398 g/mol. The van der Waals surface area contributed by atoms with Crippen molar-refractivity contribution >= 4 is 14.3 Å². The third kappa shape index (κ3) is 5.36. The number of hydrogen-bond acceptors (Lipinski definition) is 4. The lowest BCUT2D eigenvalue weighted by Gasteiger charge is -2.48. The minimum atomic E-state index is -1.51. The first-order valence-electron chi connectivity index (χ1n) is 10.9. The number of hydrogen-bond donors (Lipinski definition) is 1. The zero-order valence-corrected chi connectivity index (χ0v) is 19.6. The number of esters is 1. The SMILES string of the molecule is COC(=O)[C@](C)(O)CCC[C@@H](C)[C@H]1CCC2C(O[Si](C)(C)C)CCC[C@@]21C. The average molecular weight is 399 g/mol. The highest BCUT2D eigenvalue weighted by molar-refractivity contribution is 6.69. The number of fused-ring (bicyclic) bond motifs is 1. The summed E-state index contributed by atoms with van der Waals surface area (Å²) in [4.78, 5) is 11.7. The number of methoxy groups -OCH3 is 1. The fourth-order valence-electron chi connectivity index (χ4n) is 5.98. The highest BCUT2D eigenvalue weighted by Gasteiger charge is 2.53. The van der Waals surface area contributed by atoms with Crippen LogP contribution in [0.1, 0.15) is 72.1 Å². The van der Waals surface area contributed by atoms with E-state index in [0.29, 0.717) is 29.8 Å². The van der Waals surface area contributed by atoms with Gasteiger partial charge in [-0.05, 0) is 88.3 Å². The van der Waals surface area contributed by atoms with Crippen LogP contribution in [0.3, 0.4) is 0 Å². The molecule has 0 aliphatic heterocycles. The Morgan fingerprint density at radius 1 is 1.30 bits per heavy atom. The fraction of sp³-hybridized carbons (Fsp3) is 0.955. The van der Waals surface area contributed by atoms with Crippen LogP contribution in [-0.4, -0.2) is 38.2 Å². The van der Waals surface area contributed by atoms with E-state index in [4.69, 9.17) is 9.16 Å². The van der Waals surface area contributed by atoms with Crippen LogP contribution in [0.15, 0.2) is 0 Å². The average Bonchev–Trinajstić information content (AvgIpc) is 2.90. The van der Waals surface area contributed by atoms with Gasteiger partial charge in [0.25, 0.3) is 0 Å². The summed E-state index contributed by atoms with van der Waals surface area (Å²) in [5.74, 6) is 1.50. The third-order valence-corrected chi connectivity index (χ3v) is 8.29. The molecule has 0 heterocycles. The highest BCUT2D eigenvalue weighted by Crippen LogP contribution is 2.59. The Balaban J connectivity index is 1.96. The van der Waals surface area contributed by atoms with Crippen LogP contribution in [0.25, 0.3) is 0 Å². The Kier molecular flexibility index (Phi) is 7.24. The van der Waals surface area contributed by atoms with E-state index < -0.39 is 19.9 Å². The van der Waals surface area contributed by atoms with Crippen LogP contribution >= 0.6 is 0 Å². The van der Waals surface area contributed by atoms with E-state index in [1.165, 1.54) is 39.2 Å². The van der Waals surface area contributed by atoms with Crippen molar-refractivity contribution in [1.29, 1.82) is 0 Å². The molecule has 1 N–H and O–H groups in total. The molecule has 2 aliphatic carbocycles. The minimum absolute atomic E-state index is 0.382. The molecular weight excluding hydrogens is 356 g/mol. The van der Waals surface area contributed by atoms with Gasteiger partial charge in [-0.25, -0.2) is 4.79 Å². The van der Waals surface area contributed by atoms with Gasteiger partial charge < -0.3 is 14.3 Å². The van der Waals surface area contributed by atoms with E-state index in [-0.39, 0.29) is 0 Å². The maximum Gasteiger partial charge on any atom is 0.337 e.